The van der Waals surface area contributed by atoms with E-state index in [0.29, 0.717) is 17.2 Å². The second kappa shape index (κ2) is 7.32. The fourth-order valence-electron chi connectivity index (χ4n) is 3.30. The standard InChI is InChI=1S/C19H20N4O2/c1-14-11-22(12-15-5-3-2-4-6-15)13-18(14)21-17-8-7-16(10-20)9-19(17)23(24)25/h2-9,14,18,21H,11-13H2,1H3. The molecule has 0 saturated carbocycles. The third kappa shape index (κ3) is 3.95. The Morgan fingerprint density at radius 2 is 2.04 bits per heavy atom. The Kier molecular flexibility index (Phi) is 4.96. The van der Waals surface area contributed by atoms with Gasteiger partial charge in [-0.2, -0.15) is 5.26 Å². The summed E-state index contributed by atoms with van der Waals surface area (Å²) < 4.78 is 0. The number of nitriles is 1. The molecule has 0 amide bonds. The highest BCUT2D eigenvalue weighted by Gasteiger charge is 2.31. The molecule has 6 nitrogen and oxygen atoms in total. The minimum absolute atomic E-state index is 0.0484. The lowest BCUT2D eigenvalue weighted by molar-refractivity contribution is -0.384. The first-order valence-electron chi connectivity index (χ1n) is 8.28. The molecule has 1 heterocycles. The van der Waals surface area contributed by atoms with Gasteiger partial charge in [-0.05, 0) is 23.6 Å². The van der Waals surface area contributed by atoms with Gasteiger partial charge in [-0.3, -0.25) is 15.0 Å². The van der Waals surface area contributed by atoms with Crippen LogP contribution in [0.5, 0.6) is 0 Å². The summed E-state index contributed by atoms with van der Waals surface area (Å²) >= 11 is 0. The maximum atomic E-state index is 11.3. The molecule has 1 saturated heterocycles. The van der Waals surface area contributed by atoms with Crippen LogP contribution >= 0.6 is 0 Å². The van der Waals surface area contributed by atoms with Crippen molar-refractivity contribution in [3.05, 3.63) is 69.8 Å². The number of hydrogen-bond donors (Lipinski definition) is 1. The van der Waals surface area contributed by atoms with E-state index < -0.39 is 4.92 Å². The Balaban J connectivity index is 1.71. The van der Waals surface area contributed by atoms with Gasteiger partial charge in [0.2, 0.25) is 0 Å². The lowest BCUT2D eigenvalue weighted by atomic mass is 10.1. The second-order valence-corrected chi connectivity index (χ2v) is 6.51. The molecule has 25 heavy (non-hydrogen) atoms. The van der Waals surface area contributed by atoms with Crippen molar-refractivity contribution in [2.75, 3.05) is 18.4 Å². The van der Waals surface area contributed by atoms with Crippen molar-refractivity contribution in [2.45, 2.75) is 19.5 Å². The molecule has 0 aromatic heterocycles. The van der Waals surface area contributed by atoms with Gasteiger partial charge >= 0.3 is 0 Å². The van der Waals surface area contributed by atoms with Crippen LogP contribution in [0.2, 0.25) is 0 Å². The highest BCUT2D eigenvalue weighted by Crippen LogP contribution is 2.29. The number of likely N-dealkylation sites (tertiary alicyclic amines) is 1. The van der Waals surface area contributed by atoms with E-state index in [2.05, 4.69) is 29.3 Å². The molecule has 2 atom stereocenters. The van der Waals surface area contributed by atoms with Gasteiger partial charge < -0.3 is 5.32 Å². The third-order valence-electron chi connectivity index (χ3n) is 4.60. The SMILES string of the molecule is CC1CN(Cc2ccccc2)CC1Nc1ccc(C#N)cc1[N+](=O)[O-]. The van der Waals surface area contributed by atoms with Crippen LogP contribution in [0, 0.1) is 27.4 Å². The fraction of sp³-hybridized carbons (Fsp3) is 0.316. The first-order valence-corrected chi connectivity index (χ1v) is 8.28. The second-order valence-electron chi connectivity index (χ2n) is 6.51. The number of rotatable bonds is 5. The Bertz CT molecular complexity index is 801. The van der Waals surface area contributed by atoms with Crippen LogP contribution in [0.3, 0.4) is 0 Å². The summed E-state index contributed by atoms with van der Waals surface area (Å²) in [7, 11) is 0. The van der Waals surface area contributed by atoms with Crippen LogP contribution in [0.1, 0.15) is 18.1 Å². The largest absolute Gasteiger partial charge is 0.375 e. The van der Waals surface area contributed by atoms with Gasteiger partial charge in [0.05, 0.1) is 16.6 Å². The molecule has 2 aromatic carbocycles. The van der Waals surface area contributed by atoms with Crippen molar-refractivity contribution >= 4 is 11.4 Å². The molecular formula is C19H20N4O2. The average molecular weight is 336 g/mol. The number of nitrogens with one attached hydrogen (secondary N) is 1. The van der Waals surface area contributed by atoms with Gasteiger partial charge in [0.15, 0.2) is 0 Å². The maximum absolute atomic E-state index is 11.3. The number of anilines is 1. The third-order valence-corrected chi connectivity index (χ3v) is 4.60. The van der Waals surface area contributed by atoms with E-state index in [1.807, 2.05) is 24.3 Å². The summed E-state index contributed by atoms with van der Waals surface area (Å²) in [6, 6.07) is 16.9. The Morgan fingerprint density at radius 1 is 1.28 bits per heavy atom. The van der Waals surface area contributed by atoms with Gasteiger partial charge in [0.25, 0.3) is 5.69 Å². The highest BCUT2D eigenvalue weighted by atomic mass is 16.6. The van der Waals surface area contributed by atoms with Crippen LogP contribution in [0.4, 0.5) is 11.4 Å². The van der Waals surface area contributed by atoms with Crippen molar-refractivity contribution < 1.29 is 4.92 Å². The van der Waals surface area contributed by atoms with Crippen LogP contribution < -0.4 is 5.32 Å². The van der Waals surface area contributed by atoms with Gasteiger partial charge in [-0.1, -0.05) is 37.3 Å². The zero-order chi connectivity index (χ0) is 17.8. The molecule has 0 radical (unpaired) electrons. The highest BCUT2D eigenvalue weighted by molar-refractivity contribution is 5.64. The molecule has 1 aliphatic heterocycles. The Morgan fingerprint density at radius 3 is 2.72 bits per heavy atom. The summed E-state index contributed by atoms with van der Waals surface area (Å²) in [4.78, 5) is 13.2. The summed E-state index contributed by atoms with van der Waals surface area (Å²) in [6.45, 7) is 4.79. The molecule has 3 rings (SSSR count). The zero-order valence-electron chi connectivity index (χ0n) is 14.1. The van der Waals surface area contributed by atoms with E-state index in [9.17, 15) is 10.1 Å². The lowest BCUT2D eigenvalue weighted by Gasteiger charge is -2.18. The van der Waals surface area contributed by atoms with E-state index >= 15 is 0 Å². The maximum Gasteiger partial charge on any atom is 0.293 e. The number of benzene rings is 2. The normalized spacial score (nSPS) is 20.2. The first-order chi connectivity index (χ1) is 12.1. The summed E-state index contributed by atoms with van der Waals surface area (Å²) in [5, 5.41) is 23.5. The van der Waals surface area contributed by atoms with Crippen molar-refractivity contribution in [1.82, 2.24) is 4.90 Å². The van der Waals surface area contributed by atoms with Crippen LogP contribution in [0.15, 0.2) is 48.5 Å². The van der Waals surface area contributed by atoms with Gasteiger partial charge in [0, 0.05) is 31.7 Å². The fourth-order valence-corrected chi connectivity index (χ4v) is 3.30. The zero-order valence-corrected chi connectivity index (χ0v) is 14.1. The minimum atomic E-state index is -0.440. The van der Waals surface area contributed by atoms with Crippen molar-refractivity contribution in [3.8, 4) is 6.07 Å². The number of nitro groups is 1. The average Bonchev–Trinajstić information content (AvgIpc) is 2.95. The van der Waals surface area contributed by atoms with Gasteiger partial charge in [-0.25, -0.2) is 0 Å². The lowest BCUT2D eigenvalue weighted by Crippen LogP contribution is -2.28. The van der Waals surface area contributed by atoms with Crippen LogP contribution in [0.25, 0.3) is 0 Å². The topological polar surface area (TPSA) is 82.2 Å². The first kappa shape index (κ1) is 16.9. The predicted octanol–water partition coefficient (Wildman–Crippen LogP) is 3.40. The Hall–Kier alpha value is -2.91. The molecule has 128 valence electrons. The number of hydrogen-bond acceptors (Lipinski definition) is 5. The predicted molar refractivity (Wildman–Crippen MR) is 96.1 cm³/mol. The van der Waals surface area contributed by atoms with E-state index in [-0.39, 0.29) is 11.7 Å². The molecule has 0 bridgehead atoms. The summed E-state index contributed by atoms with van der Waals surface area (Å²) in [6.07, 6.45) is 0. The van der Waals surface area contributed by atoms with Crippen LogP contribution in [-0.2, 0) is 6.54 Å². The molecule has 0 aliphatic carbocycles. The molecule has 0 spiro atoms. The van der Waals surface area contributed by atoms with E-state index in [1.54, 1.807) is 12.1 Å². The number of nitrogens with zero attached hydrogens (tertiary/aromatic N) is 3. The molecule has 2 aromatic rings. The molecule has 1 aliphatic rings. The van der Waals surface area contributed by atoms with Crippen molar-refractivity contribution in [2.24, 2.45) is 5.92 Å². The van der Waals surface area contributed by atoms with E-state index in [4.69, 9.17) is 5.26 Å². The van der Waals surface area contributed by atoms with E-state index in [0.717, 1.165) is 19.6 Å². The van der Waals surface area contributed by atoms with E-state index in [1.165, 1.54) is 11.6 Å². The Labute approximate surface area is 146 Å². The summed E-state index contributed by atoms with van der Waals surface area (Å²) in [5.74, 6) is 0.374. The smallest absolute Gasteiger partial charge is 0.293 e. The van der Waals surface area contributed by atoms with Gasteiger partial charge in [0.1, 0.15) is 5.69 Å². The van der Waals surface area contributed by atoms with Crippen molar-refractivity contribution in [3.63, 3.8) is 0 Å². The van der Waals surface area contributed by atoms with Crippen molar-refractivity contribution in [1.29, 1.82) is 5.26 Å². The monoisotopic (exact) mass is 336 g/mol. The minimum Gasteiger partial charge on any atom is -0.375 e. The molecule has 2 unspecified atom stereocenters. The summed E-state index contributed by atoms with van der Waals surface area (Å²) in [5.41, 5.74) is 1.98. The molecular weight excluding hydrogens is 316 g/mol. The van der Waals surface area contributed by atoms with Crippen LogP contribution in [-0.4, -0.2) is 29.0 Å². The molecule has 1 fully saturated rings. The quantitative estimate of drug-likeness (QED) is 0.668. The van der Waals surface area contributed by atoms with Gasteiger partial charge in [-0.15, -0.1) is 0 Å². The molecule has 6 heteroatoms. The number of nitro benzene ring substituents is 1. The molecule has 1 N–H and O–H groups in total.